The number of hydrogen-bond acceptors (Lipinski definition) is 3. The maximum atomic E-state index is 11.7. The monoisotopic (exact) mass is 241 g/mol. The van der Waals surface area contributed by atoms with Crippen LogP contribution in [0.15, 0.2) is 0 Å². The molecule has 2 rings (SSSR count). The highest BCUT2D eigenvalue weighted by Gasteiger charge is 2.19. The van der Waals surface area contributed by atoms with Crippen molar-refractivity contribution >= 4 is 6.03 Å². The molecule has 2 saturated heterocycles. The molecule has 5 nitrogen and oxygen atoms in total. The van der Waals surface area contributed by atoms with Gasteiger partial charge < -0.3 is 20.3 Å². The zero-order chi connectivity index (χ0) is 12.1. The number of nitrogens with one attached hydrogen (secondary N) is 2. The van der Waals surface area contributed by atoms with Crippen LogP contribution in [-0.2, 0) is 4.74 Å². The van der Waals surface area contributed by atoms with E-state index in [0.29, 0.717) is 6.61 Å². The van der Waals surface area contributed by atoms with E-state index in [0.717, 1.165) is 19.6 Å². The molecule has 2 N–H and O–H groups in total. The predicted molar refractivity (Wildman–Crippen MR) is 66.0 cm³/mol. The average molecular weight is 241 g/mol. The van der Waals surface area contributed by atoms with Gasteiger partial charge in [-0.25, -0.2) is 4.79 Å². The van der Waals surface area contributed by atoms with Crippen molar-refractivity contribution in [3.8, 4) is 0 Å². The van der Waals surface area contributed by atoms with Crippen molar-refractivity contribution in [1.29, 1.82) is 0 Å². The minimum absolute atomic E-state index is 0.0628. The summed E-state index contributed by atoms with van der Waals surface area (Å²) < 4.78 is 5.22. The summed E-state index contributed by atoms with van der Waals surface area (Å²) in [6, 6.07) is 0.330. The summed E-state index contributed by atoms with van der Waals surface area (Å²) in [5.41, 5.74) is 0. The van der Waals surface area contributed by atoms with Crippen LogP contribution in [0.2, 0.25) is 0 Å². The second-order valence-electron chi connectivity index (χ2n) is 5.09. The van der Waals surface area contributed by atoms with Crippen LogP contribution in [0.4, 0.5) is 4.79 Å². The first-order chi connectivity index (χ1) is 8.24. The van der Waals surface area contributed by atoms with Crippen molar-refractivity contribution in [2.24, 2.45) is 0 Å². The first-order valence-electron chi connectivity index (χ1n) is 6.61. The zero-order valence-corrected chi connectivity index (χ0v) is 10.6. The fourth-order valence-electron chi connectivity index (χ4n) is 2.50. The molecule has 5 heteroatoms. The number of amides is 2. The summed E-state index contributed by atoms with van der Waals surface area (Å²) in [7, 11) is 0. The lowest BCUT2D eigenvalue weighted by molar-refractivity contribution is 0.187. The Morgan fingerprint density at radius 2 is 2.24 bits per heavy atom. The second-order valence-corrected chi connectivity index (χ2v) is 5.09. The van der Waals surface area contributed by atoms with Crippen molar-refractivity contribution in [1.82, 2.24) is 15.5 Å². The molecule has 2 unspecified atom stereocenters. The summed E-state index contributed by atoms with van der Waals surface area (Å²) >= 11 is 0. The lowest BCUT2D eigenvalue weighted by atomic mass is 10.2. The second kappa shape index (κ2) is 6.21. The molecule has 0 aromatic rings. The Kier molecular flexibility index (Phi) is 4.62. The van der Waals surface area contributed by atoms with Gasteiger partial charge in [-0.15, -0.1) is 0 Å². The summed E-state index contributed by atoms with van der Waals surface area (Å²) in [6.45, 7) is 6.76. The van der Waals surface area contributed by atoms with Gasteiger partial charge in [-0.1, -0.05) is 0 Å². The first kappa shape index (κ1) is 12.6. The minimum Gasteiger partial charge on any atom is -0.379 e. The van der Waals surface area contributed by atoms with Gasteiger partial charge in [-0.3, -0.25) is 0 Å². The van der Waals surface area contributed by atoms with Gasteiger partial charge >= 0.3 is 6.03 Å². The maximum Gasteiger partial charge on any atom is 0.315 e. The van der Waals surface area contributed by atoms with E-state index in [4.69, 9.17) is 4.74 Å². The lowest BCUT2D eigenvalue weighted by Gasteiger charge is -2.22. The van der Waals surface area contributed by atoms with Gasteiger partial charge in [0.05, 0.1) is 12.6 Å². The molecule has 2 aliphatic rings. The van der Waals surface area contributed by atoms with Gasteiger partial charge in [0.1, 0.15) is 0 Å². The number of carbonyl (C=O) groups is 1. The molecule has 0 aromatic carbocycles. The van der Waals surface area contributed by atoms with E-state index in [-0.39, 0.29) is 18.1 Å². The number of rotatable bonds is 4. The highest BCUT2D eigenvalue weighted by Crippen LogP contribution is 2.07. The lowest BCUT2D eigenvalue weighted by Crippen LogP contribution is -2.48. The maximum absolute atomic E-state index is 11.7. The number of nitrogens with zero attached hydrogens (tertiary/aromatic N) is 1. The molecule has 0 aromatic heterocycles. The zero-order valence-electron chi connectivity index (χ0n) is 10.6. The molecule has 0 radical (unpaired) electrons. The highest BCUT2D eigenvalue weighted by molar-refractivity contribution is 5.74. The van der Waals surface area contributed by atoms with E-state index < -0.39 is 0 Å². The number of hydrogen-bond donors (Lipinski definition) is 2. The van der Waals surface area contributed by atoms with E-state index in [1.54, 1.807) is 0 Å². The van der Waals surface area contributed by atoms with Gasteiger partial charge in [-0.05, 0) is 39.3 Å². The van der Waals surface area contributed by atoms with Crippen molar-refractivity contribution in [3.63, 3.8) is 0 Å². The molecule has 2 aliphatic heterocycles. The molecule has 17 heavy (non-hydrogen) atoms. The Hall–Kier alpha value is -0.810. The molecule has 0 spiro atoms. The third kappa shape index (κ3) is 4.16. The van der Waals surface area contributed by atoms with Crippen molar-refractivity contribution < 1.29 is 9.53 Å². The Balaban J connectivity index is 1.62. The largest absolute Gasteiger partial charge is 0.379 e. The van der Waals surface area contributed by atoms with Crippen molar-refractivity contribution in [2.45, 2.75) is 38.3 Å². The molecule has 2 amide bonds. The number of urea groups is 1. The molecular weight excluding hydrogens is 218 g/mol. The number of ether oxygens (including phenoxy) is 1. The number of likely N-dealkylation sites (tertiary alicyclic amines) is 1. The van der Waals surface area contributed by atoms with Crippen LogP contribution in [0, 0.1) is 0 Å². The summed E-state index contributed by atoms with van der Waals surface area (Å²) in [6.07, 6.45) is 3.50. The van der Waals surface area contributed by atoms with Crippen LogP contribution in [-0.4, -0.2) is 55.9 Å². The van der Waals surface area contributed by atoms with Crippen LogP contribution in [0.25, 0.3) is 0 Å². The van der Waals surface area contributed by atoms with E-state index >= 15 is 0 Å². The van der Waals surface area contributed by atoms with Crippen LogP contribution in [0.3, 0.4) is 0 Å². The predicted octanol–water partition coefficient (Wildman–Crippen LogP) is 0.559. The third-order valence-corrected chi connectivity index (χ3v) is 3.37. The molecule has 2 fully saturated rings. The van der Waals surface area contributed by atoms with Crippen molar-refractivity contribution in [2.75, 3.05) is 32.8 Å². The van der Waals surface area contributed by atoms with Crippen LogP contribution in [0.1, 0.15) is 26.2 Å². The van der Waals surface area contributed by atoms with Crippen LogP contribution in [0.5, 0.6) is 0 Å². The van der Waals surface area contributed by atoms with Crippen LogP contribution >= 0.6 is 0 Å². The Morgan fingerprint density at radius 3 is 2.88 bits per heavy atom. The highest BCUT2D eigenvalue weighted by atomic mass is 16.5. The van der Waals surface area contributed by atoms with Crippen molar-refractivity contribution in [3.05, 3.63) is 0 Å². The Labute approximate surface area is 103 Å². The van der Waals surface area contributed by atoms with Gasteiger partial charge in [0.25, 0.3) is 0 Å². The summed E-state index contributed by atoms with van der Waals surface area (Å²) in [4.78, 5) is 14.1. The van der Waals surface area contributed by atoms with Gasteiger partial charge in [0.2, 0.25) is 0 Å². The van der Waals surface area contributed by atoms with Gasteiger partial charge in [0, 0.05) is 19.2 Å². The quantitative estimate of drug-likeness (QED) is 0.756. The topological polar surface area (TPSA) is 53.6 Å². The van der Waals surface area contributed by atoms with E-state index in [9.17, 15) is 4.79 Å². The number of carbonyl (C=O) groups excluding carboxylic acids is 1. The molecule has 0 saturated carbocycles. The average Bonchev–Trinajstić information content (AvgIpc) is 2.90. The molecule has 0 aliphatic carbocycles. The standard InChI is InChI=1S/C12H23N3O2/c1-10(8-15-5-2-3-6-15)13-12(16)14-11-4-7-17-9-11/h10-11H,2-9H2,1H3,(H2,13,14,16). The Bertz CT molecular complexity index is 248. The van der Waals surface area contributed by atoms with Gasteiger partial charge in [-0.2, -0.15) is 0 Å². The molecule has 2 heterocycles. The fourth-order valence-corrected chi connectivity index (χ4v) is 2.50. The van der Waals surface area contributed by atoms with E-state index in [1.165, 1.54) is 25.9 Å². The fraction of sp³-hybridized carbons (Fsp3) is 0.917. The normalized spacial score (nSPS) is 27.0. The molecule has 0 bridgehead atoms. The summed E-state index contributed by atoms with van der Waals surface area (Å²) in [5.74, 6) is 0. The smallest absolute Gasteiger partial charge is 0.315 e. The first-order valence-corrected chi connectivity index (χ1v) is 6.61. The van der Waals surface area contributed by atoms with Gasteiger partial charge in [0.15, 0.2) is 0 Å². The van der Waals surface area contributed by atoms with E-state index in [2.05, 4.69) is 22.5 Å². The third-order valence-electron chi connectivity index (χ3n) is 3.37. The van der Waals surface area contributed by atoms with E-state index in [1.807, 2.05) is 0 Å². The molecule has 98 valence electrons. The van der Waals surface area contributed by atoms with Crippen LogP contribution < -0.4 is 10.6 Å². The minimum atomic E-state index is -0.0628. The molecule has 2 atom stereocenters. The summed E-state index contributed by atoms with van der Waals surface area (Å²) in [5, 5.41) is 5.93. The SMILES string of the molecule is CC(CN1CCCC1)NC(=O)NC1CCOC1. The molecular formula is C12H23N3O2. The Morgan fingerprint density at radius 1 is 1.47 bits per heavy atom.